The summed E-state index contributed by atoms with van der Waals surface area (Å²) in [5, 5.41) is 1.51. The van der Waals surface area contributed by atoms with Crippen LogP contribution in [0.3, 0.4) is 0 Å². The average molecular weight is 447 g/mol. The van der Waals surface area contributed by atoms with E-state index in [0.29, 0.717) is 11.1 Å². The molecule has 6 heteroatoms. The third-order valence-corrected chi connectivity index (χ3v) is 5.40. The zero-order valence-corrected chi connectivity index (χ0v) is 16.8. The molecule has 0 radical (unpaired) electrons. The summed E-state index contributed by atoms with van der Waals surface area (Å²) in [5.41, 5.74) is 2.27. The molecule has 2 heterocycles. The van der Waals surface area contributed by atoms with Crippen molar-refractivity contribution in [3.05, 3.63) is 99.4 Å². The SMILES string of the molecule is O=C(Cc1cn2c(=O)c3ccccc3n2c2ccc(Br)cc12)Oc1ccccc1. The Morgan fingerprint density at radius 2 is 1.62 bits per heavy atom. The Morgan fingerprint density at radius 3 is 2.45 bits per heavy atom. The maximum absolute atomic E-state index is 12.9. The first-order valence-corrected chi connectivity index (χ1v) is 9.90. The number of carbonyl (C=O) groups is 1. The molecule has 0 N–H and O–H groups in total. The summed E-state index contributed by atoms with van der Waals surface area (Å²) in [5.74, 6) is 0.112. The number of hydrogen-bond acceptors (Lipinski definition) is 3. The fourth-order valence-corrected chi connectivity index (χ4v) is 4.01. The van der Waals surface area contributed by atoms with Crippen LogP contribution in [0.5, 0.6) is 5.75 Å². The van der Waals surface area contributed by atoms with Gasteiger partial charge in [-0.25, -0.2) is 9.03 Å². The lowest BCUT2D eigenvalue weighted by molar-refractivity contribution is -0.133. The second kappa shape index (κ2) is 6.90. The number of esters is 1. The highest BCUT2D eigenvalue weighted by molar-refractivity contribution is 9.10. The van der Waals surface area contributed by atoms with Crippen LogP contribution in [0.25, 0.3) is 21.8 Å². The van der Waals surface area contributed by atoms with Crippen molar-refractivity contribution in [2.45, 2.75) is 6.42 Å². The molecule has 0 saturated heterocycles. The lowest BCUT2D eigenvalue weighted by Gasteiger charge is -2.11. The van der Waals surface area contributed by atoms with Crippen LogP contribution in [-0.2, 0) is 11.2 Å². The fraction of sp³-hybridized carbons (Fsp3) is 0.0435. The number of aromatic nitrogens is 2. The number of fused-ring (bicyclic) bond motifs is 5. The minimum atomic E-state index is -0.383. The molecule has 0 aliphatic carbocycles. The normalized spacial score (nSPS) is 11.3. The van der Waals surface area contributed by atoms with E-state index < -0.39 is 0 Å². The van der Waals surface area contributed by atoms with Gasteiger partial charge in [-0.3, -0.25) is 9.59 Å². The largest absolute Gasteiger partial charge is 0.426 e. The zero-order valence-electron chi connectivity index (χ0n) is 15.2. The van der Waals surface area contributed by atoms with E-state index in [0.717, 1.165) is 26.5 Å². The summed E-state index contributed by atoms with van der Waals surface area (Å²) in [4.78, 5) is 25.5. The van der Waals surface area contributed by atoms with Gasteiger partial charge >= 0.3 is 5.97 Å². The molecule has 0 aliphatic rings. The smallest absolute Gasteiger partial charge is 0.315 e. The predicted molar refractivity (Wildman–Crippen MR) is 116 cm³/mol. The van der Waals surface area contributed by atoms with Crippen LogP contribution < -0.4 is 10.3 Å². The first-order chi connectivity index (χ1) is 14.1. The number of carbonyl (C=O) groups excluding carboxylic acids is 1. The molecule has 0 aliphatic heterocycles. The molecule has 29 heavy (non-hydrogen) atoms. The first-order valence-electron chi connectivity index (χ1n) is 9.11. The minimum absolute atomic E-state index is 0.0479. The van der Waals surface area contributed by atoms with Crippen LogP contribution in [0.4, 0.5) is 0 Å². The summed E-state index contributed by atoms with van der Waals surface area (Å²) in [6.07, 6.45) is 1.77. The quantitative estimate of drug-likeness (QED) is 0.300. The van der Waals surface area contributed by atoms with Crippen molar-refractivity contribution in [1.29, 1.82) is 0 Å². The lowest BCUT2D eigenvalue weighted by atomic mass is 10.1. The van der Waals surface area contributed by atoms with Gasteiger partial charge in [-0.15, -0.1) is 0 Å². The zero-order chi connectivity index (χ0) is 20.0. The van der Waals surface area contributed by atoms with Gasteiger partial charge < -0.3 is 4.74 Å². The summed E-state index contributed by atoms with van der Waals surface area (Å²) in [6.45, 7) is 0. The van der Waals surface area contributed by atoms with Gasteiger partial charge in [0.15, 0.2) is 0 Å². The van der Waals surface area contributed by atoms with Crippen LogP contribution in [0.1, 0.15) is 5.56 Å². The van der Waals surface area contributed by atoms with Crippen molar-refractivity contribution >= 4 is 43.7 Å². The Balaban J connectivity index is 1.71. The number of benzene rings is 3. The lowest BCUT2D eigenvalue weighted by Crippen LogP contribution is -2.16. The molecule has 2 aromatic heterocycles. The second-order valence-electron chi connectivity index (χ2n) is 6.76. The van der Waals surface area contributed by atoms with Crippen LogP contribution in [-0.4, -0.2) is 15.0 Å². The Morgan fingerprint density at radius 1 is 0.897 bits per heavy atom. The number of halogens is 1. The molecule has 0 bridgehead atoms. The average Bonchev–Trinajstić information content (AvgIpc) is 3.01. The highest BCUT2D eigenvalue weighted by atomic mass is 79.9. The number of rotatable bonds is 3. The van der Waals surface area contributed by atoms with Gasteiger partial charge in [-0.2, -0.15) is 0 Å². The molecule has 0 fully saturated rings. The van der Waals surface area contributed by atoms with Gasteiger partial charge in [0.25, 0.3) is 5.56 Å². The highest BCUT2D eigenvalue weighted by Gasteiger charge is 2.16. The third-order valence-electron chi connectivity index (χ3n) is 4.91. The summed E-state index contributed by atoms with van der Waals surface area (Å²) >= 11 is 3.51. The molecule has 0 saturated carbocycles. The summed E-state index contributed by atoms with van der Waals surface area (Å²) in [6, 6.07) is 22.3. The summed E-state index contributed by atoms with van der Waals surface area (Å²) < 4.78 is 9.79. The molecule has 0 unspecified atom stereocenters. The molecular formula is C23H15BrN2O3. The molecule has 5 nitrogen and oxygen atoms in total. The van der Waals surface area contributed by atoms with Crippen LogP contribution >= 0.6 is 15.9 Å². The molecule has 5 rings (SSSR count). The monoisotopic (exact) mass is 446 g/mol. The van der Waals surface area contributed by atoms with Crippen molar-refractivity contribution in [2.24, 2.45) is 0 Å². The van der Waals surface area contributed by atoms with E-state index >= 15 is 0 Å². The Kier molecular flexibility index (Phi) is 4.21. The minimum Gasteiger partial charge on any atom is -0.426 e. The molecule has 0 spiro atoms. The standard InChI is InChI=1S/C23H15BrN2O3/c24-16-10-11-21-19(13-16)15(12-22(27)29-17-6-2-1-3-7-17)14-25-23(28)18-8-4-5-9-20(18)26(21)25/h1-11,13-14H,12H2. The van der Waals surface area contributed by atoms with E-state index in [1.54, 1.807) is 22.8 Å². The van der Waals surface area contributed by atoms with Gasteiger partial charge in [0.2, 0.25) is 0 Å². The van der Waals surface area contributed by atoms with E-state index in [4.69, 9.17) is 4.74 Å². The predicted octanol–water partition coefficient (Wildman–Crippen LogP) is 4.62. The van der Waals surface area contributed by atoms with Crippen LogP contribution in [0, 0.1) is 0 Å². The molecule has 5 aromatic rings. The molecule has 0 atom stereocenters. The summed E-state index contributed by atoms with van der Waals surface area (Å²) in [7, 11) is 0. The van der Waals surface area contributed by atoms with Gasteiger partial charge in [-0.1, -0.05) is 46.3 Å². The van der Waals surface area contributed by atoms with Gasteiger partial charge in [-0.05, 0) is 48.0 Å². The highest BCUT2D eigenvalue weighted by Crippen LogP contribution is 2.26. The molecule has 0 amide bonds. The van der Waals surface area contributed by atoms with Gasteiger partial charge in [0, 0.05) is 16.1 Å². The second-order valence-corrected chi connectivity index (χ2v) is 7.67. The van der Waals surface area contributed by atoms with Crippen molar-refractivity contribution in [3.8, 4) is 5.75 Å². The number of nitrogens with zero attached hydrogens (tertiary/aromatic N) is 2. The third kappa shape index (κ3) is 3.02. The van der Waals surface area contributed by atoms with E-state index in [1.807, 2.05) is 65.2 Å². The van der Waals surface area contributed by atoms with E-state index in [2.05, 4.69) is 15.9 Å². The van der Waals surface area contributed by atoms with E-state index in [-0.39, 0.29) is 17.9 Å². The van der Waals surface area contributed by atoms with Crippen molar-refractivity contribution in [3.63, 3.8) is 0 Å². The Bertz CT molecular complexity index is 1450. The number of ether oxygens (including phenoxy) is 1. The topological polar surface area (TPSA) is 52.2 Å². The number of para-hydroxylation sites is 2. The van der Waals surface area contributed by atoms with Crippen LogP contribution in [0.15, 0.2) is 88.3 Å². The van der Waals surface area contributed by atoms with Crippen molar-refractivity contribution < 1.29 is 9.53 Å². The van der Waals surface area contributed by atoms with E-state index in [9.17, 15) is 9.59 Å². The Hall–Kier alpha value is -3.38. The maximum atomic E-state index is 12.9. The first kappa shape index (κ1) is 17.7. The van der Waals surface area contributed by atoms with Gasteiger partial charge in [0.05, 0.1) is 22.8 Å². The Labute approximate surface area is 173 Å². The fourth-order valence-electron chi connectivity index (χ4n) is 3.65. The molecule has 3 aromatic carbocycles. The van der Waals surface area contributed by atoms with Crippen LogP contribution in [0.2, 0.25) is 0 Å². The van der Waals surface area contributed by atoms with Crippen molar-refractivity contribution in [2.75, 3.05) is 0 Å². The molecule has 142 valence electrons. The van der Waals surface area contributed by atoms with Gasteiger partial charge in [0.1, 0.15) is 5.75 Å². The number of hydrogen-bond donors (Lipinski definition) is 0. The molecular weight excluding hydrogens is 432 g/mol. The van der Waals surface area contributed by atoms with E-state index in [1.165, 1.54) is 0 Å². The van der Waals surface area contributed by atoms with Crippen molar-refractivity contribution in [1.82, 2.24) is 9.03 Å². The maximum Gasteiger partial charge on any atom is 0.315 e.